The molecule has 3 nitrogen and oxygen atoms in total. The van der Waals surface area contributed by atoms with E-state index in [1.54, 1.807) is 27.7 Å². The molecule has 0 amide bonds. The molecular weight excluding hydrogens is 187 g/mol. The third-order valence-electron chi connectivity index (χ3n) is 3.07. The smallest absolute Gasteiger partial charge is 0.316 e. The zero-order valence-electron chi connectivity index (χ0n) is 8.83. The van der Waals surface area contributed by atoms with Crippen LogP contribution in [-0.4, -0.2) is 28.6 Å². The summed E-state index contributed by atoms with van der Waals surface area (Å²) in [6, 6.07) is 0. The standard InChI is InChI=1S/C9H19O3P/c1-5-9(4,8(10)11)13(12,6-2)7-3/h5-7H2,1-4H3,(H,10,11). The Kier molecular flexibility index (Phi) is 4.18. The van der Waals surface area contributed by atoms with Crippen molar-refractivity contribution < 1.29 is 14.5 Å². The van der Waals surface area contributed by atoms with Crippen LogP contribution >= 0.6 is 7.14 Å². The summed E-state index contributed by atoms with van der Waals surface area (Å²) >= 11 is 0. The van der Waals surface area contributed by atoms with Crippen molar-refractivity contribution in [3.63, 3.8) is 0 Å². The topological polar surface area (TPSA) is 54.4 Å². The Morgan fingerprint density at radius 2 is 1.69 bits per heavy atom. The van der Waals surface area contributed by atoms with E-state index in [9.17, 15) is 9.36 Å². The minimum absolute atomic E-state index is 0.432. The van der Waals surface area contributed by atoms with Crippen LogP contribution in [0, 0.1) is 0 Å². The molecule has 78 valence electrons. The molecule has 1 atom stereocenters. The molecule has 0 radical (unpaired) electrons. The third-order valence-corrected chi connectivity index (χ3v) is 7.42. The molecule has 0 aliphatic carbocycles. The van der Waals surface area contributed by atoms with Crippen molar-refractivity contribution in [2.24, 2.45) is 0 Å². The number of carboxylic acids is 1. The van der Waals surface area contributed by atoms with Crippen LogP contribution in [0.5, 0.6) is 0 Å². The Morgan fingerprint density at radius 3 is 1.77 bits per heavy atom. The van der Waals surface area contributed by atoms with E-state index in [-0.39, 0.29) is 0 Å². The summed E-state index contributed by atoms with van der Waals surface area (Å²) in [4.78, 5) is 11.0. The van der Waals surface area contributed by atoms with Gasteiger partial charge in [0.15, 0.2) is 0 Å². The second kappa shape index (κ2) is 4.28. The fourth-order valence-electron chi connectivity index (χ4n) is 1.54. The number of rotatable bonds is 5. The molecule has 0 rings (SSSR count). The predicted octanol–water partition coefficient (Wildman–Crippen LogP) is 2.64. The van der Waals surface area contributed by atoms with E-state index in [2.05, 4.69) is 0 Å². The van der Waals surface area contributed by atoms with Gasteiger partial charge >= 0.3 is 5.97 Å². The van der Waals surface area contributed by atoms with Crippen molar-refractivity contribution in [1.29, 1.82) is 0 Å². The molecule has 1 unspecified atom stereocenters. The summed E-state index contributed by atoms with van der Waals surface area (Å²) in [7, 11) is -2.56. The average molecular weight is 206 g/mol. The van der Waals surface area contributed by atoms with Crippen LogP contribution in [-0.2, 0) is 9.36 Å². The SMILES string of the molecule is CCC(C)(C(=O)O)P(=O)(CC)CC. The number of carboxylic acid groups (broad SMARTS) is 1. The van der Waals surface area contributed by atoms with Crippen LogP contribution in [0.2, 0.25) is 0 Å². The first-order valence-corrected chi connectivity index (χ1v) is 6.77. The minimum Gasteiger partial charge on any atom is -0.480 e. The number of hydrogen-bond donors (Lipinski definition) is 1. The molecule has 0 saturated heterocycles. The molecule has 13 heavy (non-hydrogen) atoms. The molecular formula is C9H19O3P. The Bertz CT molecular complexity index is 229. The largest absolute Gasteiger partial charge is 0.480 e. The summed E-state index contributed by atoms with van der Waals surface area (Å²) in [6.45, 7) is 7.00. The fourth-order valence-corrected chi connectivity index (χ4v) is 4.30. The van der Waals surface area contributed by atoms with Gasteiger partial charge in [-0.2, -0.15) is 0 Å². The Hall–Kier alpha value is -0.300. The molecule has 0 fully saturated rings. The monoisotopic (exact) mass is 206 g/mol. The maximum absolute atomic E-state index is 12.3. The van der Waals surface area contributed by atoms with Crippen LogP contribution in [0.3, 0.4) is 0 Å². The van der Waals surface area contributed by atoms with Gasteiger partial charge in [-0.3, -0.25) is 4.79 Å². The summed E-state index contributed by atoms with van der Waals surface area (Å²) in [5.74, 6) is -0.929. The van der Waals surface area contributed by atoms with Crippen LogP contribution in [0.1, 0.15) is 34.1 Å². The molecule has 0 aromatic carbocycles. The maximum Gasteiger partial charge on any atom is 0.316 e. The molecule has 1 N–H and O–H groups in total. The number of hydrogen-bond acceptors (Lipinski definition) is 2. The van der Waals surface area contributed by atoms with Gasteiger partial charge in [-0.15, -0.1) is 0 Å². The molecule has 0 aliphatic heterocycles. The van der Waals surface area contributed by atoms with Crippen molar-refractivity contribution in [2.75, 3.05) is 12.3 Å². The first-order chi connectivity index (χ1) is 5.88. The maximum atomic E-state index is 12.3. The summed E-state index contributed by atoms with van der Waals surface area (Å²) < 4.78 is 12.3. The van der Waals surface area contributed by atoms with E-state index in [4.69, 9.17) is 5.11 Å². The summed E-state index contributed by atoms with van der Waals surface area (Å²) in [5, 5.41) is 8.03. The van der Waals surface area contributed by atoms with Crippen LogP contribution in [0.4, 0.5) is 0 Å². The first-order valence-electron chi connectivity index (χ1n) is 4.69. The lowest BCUT2D eigenvalue weighted by molar-refractivity contribution is -0.139. The Labute approximate surface area is 79.9 Å². The van der Waals surface area contributed by atoms with Crippen molar-refractivity contribution in [2.45, 2.75) is 39.3 Å². The Morgan fingerprint density at radius 1 is 1.31 bits per heavy atom. The lowest BCUT2D eigenvalue weighted by Crippen LogP contribution is -2.35. The van der Waals surface area contributed by atoms with E-state index in [1.807, 2.05) is 0 Å². The van der Waals surface area contributed by atoms with Crippen LogP contribution < -0.4 is 0 Å². The van der Waals surface area contributed by atoms with E-state index in [0.717, 1.165) is 0 Å². The van der Waals surface area contributed by atoms with Crippen molar-refractivity contribution in [3.8, 4) is 0 Å². The molecule has 0 aromatic rings. The van der Waals surface area contributed by atoms with E-state index >= 15 is 0 Å². The van der Waals surface area contributed by atoms with Crippen molar-refractivity contribution in [3.05, 3.63) is 0 Å². The second-order valence-electron chi connectivity index (χ2n) is 3.45. The molecule has 0 saturated carbocycles. The number of aliphatic carboxylic acids is 1. The molecule has 0 spiro atoms. The molecule has 0 aromatic heterocycles. The minimum atomic E-state index is -2.56. The van der Waals surface area contributed by atoms with Crippen LogP contribution in [0.15, 0.2) is 0 Å². The molecule has 4 heteroatoms. The fraction of sp³-hybridized carbons (Fsp3) is 0.889. The van der Waals surface area contributed by atoms with E-state index in [0.29, 0.717) is 18.7 Å². The van der Waals surface area contributed by atoms with Gasteiger partial charge in [0, 0.05) is 0 Å². The summed E-state index contributed by atoms with van der Waals surface area (Å²) in [5.41, 5.74) is 0. The molecule has 0 aliphatic rings. The van der Waals surface area contributed by atoms with E-state index in [1.165, 1.54) is 0 Å². The van der Waals surface area contributed by atoms with Gasteiger partial charge in [0.2, 0.25) is 0 Å². The van der Waals surface area contributed by atoms with Gasteiger partial charge in [-0.25, -0.2) is 0 Å². The van der Waals surface area contributed by atoms with Crippen LogP contribution in [0.25, 0.3) is 0 Å². The highest BCUT2D eigenvalue weighted by molar-refractivity contribution is 7.66. The van der Waals surface area contributed by atoms with Crippen molar-refractivity contribution in [1.82, 2.24) is 0 Å². The second-order valence-corrected chi connectivity index (χ2v) is 7.48. The zero-order valence-corrected chi connectivity index (χ0v) is 9.73. The molecule has 0 heterocycles. The zero-order chi connectivity index (χ0) is 10.7. The highest BCUT2D eigenvalue weighted by atomic mass is 31.2. The highest BCUT2D eigenvalue weighted by Gasteiger charge is 2.46. The van der Waals surface area contributed by atoms with Crippen molar-refractivity contribution >= 4 is 13.1 Å². The van der Waals surface area contributed by atoms with Gasteiger partial charge in [0.1, 0.15) is 12.3 Å². The van der Waals surface area contributed by atoms with Gasteiger partial charge in [-0.1, -0.05) is 20.8 Å². The summed E-state index contributed by atoms with van der Waals surface area (Å²) in [6.07, 6.45) is 1.38. The highest BCUT2D eigenvalue weighted by Crippen LogP contribution is 2.58. The molecule has 0 bridgehead atoms. The van der Waals surface area contributed by atoms with Gasteiger partial charge in [-0.05, 0) is 25.7 Å². The first kappa shape index (κ1) is 12.7. The third kappa shape index (κ3) is 1.96. The lowest BCUT2D eigenvalue weighted by Gasteiger charge is -2.31. The van der Waals surface area contributed by atoms with Gasteiger partial charge < -0.3 is 9.67 Å². The van der Waals surface area contributed by atoms with Gasteiger partial charge in [0.05, 0.1) is 0 Å². The van der Waals surface area contributed by atoms with Gasteiger partial charge in [0.25, 0.3) is 0 Å². The number of carbonyl (C=O) groups is 1. The Balaban J connectivity index is 5.16. The predicted molar refractivity (Wildman–Crippen MR) is 55.0 cm³/mol. The quantitative estimate of drug-likeness (QED) is 0.703. The average Bonchev–Trinajstić information content (AvgIpc) is 2.14. The lowest BCUT2D eigenvalue weighted by atomic mass is 10.1. The normalized spacial score (nSPS) is 16.6. The van der Waals surface area contributed by atoms with E-state index < -0.39 is 18.3 Å².